The summed E-state index contributed by atoms with van der Waals surface area (Å²) in [6.45, 7) is 4.20. The van der Waals surface area contributed by atoms with E-state index in [1.54, 1.807) is 0 Å². The standard InChI is InChI=1S/C14H15ClN2/c1-3-7-16-14-9-17-13-6-5-10(15)8-12(13)11(14)4-2/h5-9H,3-4H2,1-2H3. The second-order valence-electron chi connectivity index (χ2n) is 3.86. The van der Waals surface area contributed by atoms with Crippen molar-refractivity contribution in [1.82, 2.24) is 4.98 Å². The number of rotatable bonds is 3. The summed E-state index contributed by atoms with van der Waals surface area (Å²) in [6.07, 6.45) is 5.60. The fraction of sp³-hybridized carbons (Fsp3) is 0.286. The molecule has 0 saturated heterocycles. The molecule has 1 aromatic carbocycles. The molecule has 0 fully saturated rings. The van der Waals surface area contributed by atoms with Crippen LogP contribution in [0.2, 0.25) is 5.02 Å². The molecule has 0 spiro atoms. The van der Waals surface area contributed by atoms with Gasteiger partial charge in [-0.2, -0.15) is 0 Å². The van der Waals surface area contributed by atoms with Gasteiger partial charge in [-0.25, -0.2) is 0 Å². The Morgan fingerprint density at radius 2 is 2.18 bits per heavy atom. The average Bonchev–Trinajstić information content (AvgIpc) is 2.35. The van der Waals surface area contributed by atoms with Gasteiger partial charge in [0.2, 0.25) is 0 Å². The topological polar surface area (TPSA) is 25.2 Å². The zero-order valence-electron chi connectivity index (χ0n) is 10.1. The van der Waals surface area contributed by atoms with Gasteiger partial charge in [0, 0.05) is 16.6 Å². The molecular formula is C14H15ClN2. The number of hydrogen-bond acceptors (Lipinski definition) is 2. The number of fused-ring (bicyclic) bond motifs is 1. The Labute approximate surface area is 106 Å². The second-order valence-corrected chi connectivity index (χ2v) is 4.29. The van der Waals surface area contributed by atoms with Crippen molar-refractivity contribution in [2.24, 2.45) is 4.99 Å². The summed E-state index contributed by atoms with van der Waals surface area (Å²) in [5.74, 6) is 0. The Hall–Kier alpha value is -1.41. The highest BCUT2D eigenvalue weighted by molar-refractivity contribution is 6.31. The van der Waals surface area contributed by atoms with Crippen LogP contribution in [0.1, 0.15) is 25.8 Å². The predicted molar refractivity (Wildman–Crippen MR) is 74.6 cm³/mol. The molecule has 2 rings (SSSR count). The van der Waals surface area contributed by atoms with E-state index in [0.29, 0.717) is 0 Å². The molecule has 0 bridgehead atoms. The van der Waals surface area contributed by atoms with Gasteiger partial charge in [0.15, 0.2) is 0 Å². The first kappa shape index (κ1) is 12.1. The fourth-order valence-electron chi connectivity index (χ4n) is 1.88. The number of hydrogen-bond donors (Lipinski definition) is 0. The highest BCUT2D eigenvalue weighted by atomic mass is 35.5. The van der Waals surface area contributed by atoms with Gasteiger partial charge >= 0.3 is 0 Å². The summed E-state index contributed by atoms with van der Waals surface area (Å²) in [5, 5.41) is 1.84. The van der Waals surface area contributed by atoms with Gasteiger partial charge in [0.25, 0.3) is 0 Å². The minimum atomic E-state index is 0.741. The third-order valence-electron chi connectivity index (χ3n) is 2.69. The fourth-order valence-corrected chi connectivity index (χ4v) is 2.05. The van der Waals surface area contributed by atoms with Gasteiger partial charge in [-0.3, -0.25) is 9.98 Å². The summed E-state index contributed by atoms with van der Waals surface area (Å²) in [5.41, 5.74) is 3.13. The summed E-state index contributed by atoms with van der Waals surface area (Å²) in [7, 11) is 0. The highest BCUT2D eigenvalue weighted by Gasteiger charge is 2.06. The molecule has 0 aliphatic carbocycles. The smallest absolute Gasteiger partial charge is 0.0847 e. The molecule has 0 unspecified atom stereocenters. The third-order valence-corrected chi connectivity index (χ3v) is 2.92. The van der Waals surface area contributed by atoms with Crippen LogP contribution in [-0.2, 0) is 6.42 Å². The molecule has 2 aromatic rings. The molecule has 1 aromatic heterocycles. The minimum absolute atomic E-state index is 0.741. The van der Waals surface area contributed by atoms with Gasteiger partial charge < -0.3 is 0 Å². The number of aromatic nitrogens is 1. The maximum Gasteiger partial charge on any atom is 0.0847 e. The van der Waals surface area contributed by atoms with E-state index in [-0.39, 0.29) is 0 Å². The molecule has 2 nitrogen and oxygen atoms in total. The van der Waals surface area contributed by atoms with Crippen LogP contribution in [0.4, 0.5) is 5.69 Å². The van der Waals surface area contributed by atoms with E-state index in [2.05, 4.69) is 23.8 Å². The van der Waals surface area contributed by atoms with Crippen LogP contribution in [-0.4, -0.2) is 11.2 Å². The minimum Gasteiger partial charge on any atom is -0.259 e. The van der Waals surface area contributed by atoms with E-state index in [9.17, 15) is 0 Å². The van der Waals surface area contributed by atoms with Gasteiger partial charge in [0.05, 0.1) is 17.4 Å². The van der Waals surface area contributed by atoms with E-state index >= 15 is 0 Å². The monoisotopic (exact) mass is 246 g/mol. The quantitative estimate of drug-likeness (QED) is 0.729. The number of halogens is 1. The van der Waals surface area contributed by atoms with Gasteiger partial charge in [-0.1, -0.05) is 25.4 Å². The number of aliphatic imine (C=N–C) groups is 1. The summed E-state index contributed by atoms with van der Waals surface area (Å²) in [4.78, 5) is 8.86. The third kappa shape index (κ3) is 2.47. The number of pyridine rings is 1. The molecule has 0 atom stereocenters. The molecule has 0 saturated carbocycles. The van der Waals surface area contributed by atoms with Crippen molar-refractivity contribution >= 4 is 34.4 Å². The maximum atomic E-state index is 6.04. The molecular weight excluding hydrogens is 232 g/mol. The van der Waals surface area contributed by atoms with Crippen LogP contribution < -0.4 is 0 Å². The largest absolute Gasteiger partial charge is 0.259 e. The van der Waals surface area contributed by atoms with Gasteiger partial charge in [-0.15, -0.1) is 0 Å². The Kier molecular flexibility index (Phi) is 3.75. The second kappa shape index (κ2) is 5.28. The maximum absolute atomic E-state index is 6.04. The molecule has 1 heterocycles. The SMILES string of the molecule is CCC=Nc1cnc2ccc(Cl)cc2c1CC. The van der Waals surface area contributed by atoms with Crippen molar-refractivity contribution in [1.29, 1.82) is 0 Å². The molecule has 3 heteroatoms. The number of benzene rings is 1. The van der Waals surface area contributed by atoms with Crippen molar-refractivity contribution < 1.29 is 0 Å². The lowest BCUT2D eigenvalue weighted by molar-refractivity contribution is 1.14. The first-order valence-corrected chi connectivity index (χ1v) is 6.23. The lowest BCUT2D eigenvalue weighted by atomic mass is 10.1. The Bertz CT molecular complexity index is 561. The van der Waals surface area contributed by atoms with Crippen molar-refractivity contribution in [3.63, 3.8) is 0 Å². The summed E-state index contributed by atoms with van der Waals surface area (Å²) in [6, 6.07) is 5.78. The molecule has 17 heavy (non-hydrogen) atoms. The Morgan fingerprint density at radius 1 is 1.35 bits per heavy atom. The van der Waals surface area contributed by atoms with Gasteiger partial charge in [-0.05, 0) is 36.6 Å². The lowest BCUT2D eigenvalue weighted by Gasteiger charge is -2.07. The zero-order chi connectivity index (χ0) is 12.3. The van der Waals surface area contributed by atoms with Crippen LogP contribution in [0, 0.1) is 0 Å². The molecule has 0 amide bonds. The predicted octanol–water partition coefficient (Wildman–Crippen LogP) is 4.56. The Balaban J connectivity index is 2.67. The summed E-state index contributed by atoms with van der Waals surface area (Å²) >= 11 is 6.04. The first-order valence-electron chi connectivity index (χ1n) is 5.86. The van der Waals surface area contributed by atoms with E-state index < -0.39 is 0 Å². The molecule has 0 aliphatic rings. The Morgan fingerprint density at radius 3 is 2.88 bits per heavy atom. The van der Waals surface area contributed by atoms with Gasteiger partial charge in [0.1, 0.15) is 0 Å². The van der Waals surface area contributed by atoms with E-state index in [1.165, 1.54) is 5.56 Å². The normalized spacial score (nSPS) is 11.5. The van der Waals surface area contributed by atoms with Crippen LogP contribution >= 0.6 is 11.6 Å². The molecule has 88 valence electrons. The van der Waals surface area contributed by atoms with E-state index in [1.807, 2.05) is 30.6 Å². The van der Waals surface area contributed by atoms with Crippen molar-refractivity contribution in [2.75, 3.05) is 0 Å². The summed E-state index contributed by atoms with van der Waals surface area (Å²) < 4.78 is 0. The van der Waals surface area contributed by atoms with Crippen LogP contribution in [0.25, 0.3) is 10.9 Å². The highest BCUT2D eigenvalue weighted by Crippen LogP contribution is 2.28. The number of aryl methyl sites for hydroxylation is 1. The zero-order valence-corrected chi connectivity index (χ0v) is 10.8. The van der Waals surface area contributed by atoms with Crippen molar-refractivity contribution in [3.05, 3.63) is 35.0 Å². The average molecular weight is 247 g/mol. The first-order chi connectivity index (χ1) is 8.26. The van der Waals surface area contributed by atoms with Crippen molar-refractivity contribution in [2.45, 2.75) is 26.7 Å². The molecule has 0 aliphatic heterocycles. The lowest BCUT2D eigenvalue weighted by Crippen LogP contribution is -1.88. The molecule has 0 radical (unpaired) electrons. The van der Waals surface area contributed by atoms with Crippen LogP contribution in [0.3, 0.4) is 0 Å². The number of nitrogens with zero attached hydrogens (tertiary/aromatic N) is 2. The van der Waals surface area contributed by atoms with E-state index in [0.717, 1.165) is 34.5 Å². The van der Waals surface area contributed by atoms with Crippen LogP contribution in [0.5, 0.6) is 0 Å². The molecule has 0 N–H and O–H groups in total. The van der Waals surface area contributed by atoms with Crippen LogP contribution in [0.15, 0.2) is 29.4 Å². The van der Waals surface area contributed by atoms with Crippen molar-refractivity contribution in [3.8, 4) is 0 Å². The van der Waals surface area contributed by atoms with E-state index in [4.69, 9.17) is 11.6 Å².